The van der Waals surface area contributed by atoms with Crippen LogP contribution in [0.3, 0.4) is 0 Å². The van der Waals surface area contributed by atoms with E-state index in [4.69, 9.17) is 4.74 Å². The highest BCUT2D eigenvalue weighted by Gasteiger charge is 2.09. The number of allylic oxidation sites excluding steroid dienone is 1. The molecule has 0 aliphatic rings. The van der Waals surface area contributed by atoms with Crippen molar-refractivity contribution in [2.24, 2.45) is 0 Å². The Balaban J connectivity index is 3.68. The van der Waals surface area contributed by atoms with Crippen LogP contribution >= 0.6 is 0 Å². The largest absolute Gasteiger partial charge is 0.469 e. The Kier molecular flexibility index (Phi) is 16.6. The van der Waals surface area contributed by atoms with Crippen molar-refractivity contribution in [3.05, 3.63) is 12.2 Å². The Bertz CT molecular complexity index is 363. The summed E-state index contributed by atoms with van der Waals surface area (Å²) >= 11 is 0. The van der Waals surface area contributed by atoms with Crippen LogP contribution in [0.15, 0.2) is 12.2 Å². The molecule has 0 unspecified atom stereocenters. The molecule has 0 saturated heterocycles. The first kappa shape index (κ1) is 23.7. The molecule has 0 saturated carbocycles. The second-order valence-corrected chi connectivity index (χ2v) is 6.67. The lowest BCUT2D eigenvalue weighted by atomic mass is 10.1. The zero-order valence-corrected chi connectivity index (χ0v) is 16.6. The number of esters is 2. The number of unbranched alkanes of at least 4 members (excludes halogenated alkanes) is 8. The van der Waals surface area contributed by atoms with E-state index in [1.807, 2.05) is 0 Å². The minimum Gasteiger partial charge on any atom is -0.469 e. The lowest BCUT2D eigenvalue weighted by Crippen LogP contribution is -2.15. The van der Waals surface area contributed by atoms with Crippen molar-refractivity contribution in [2.75, 3.05) is 7.11 Å². The van der Waals surface area contributed by atoms with E-state index < -0.39 is 0 Å². The fourth-order valence-corrected chi connectivity index (χ4v) is 2.79. The van der Waals surface area contributed by atoms with Crippen LogP contribution < -0.4 is 0 Å². The summed E-state index contributed by atoms with van der Waals surface area (Å²) in [4.78, 5) is 22.2. The second kappa shape index (κ2) is 17.5. The summed E-state index contributed by atoms with van der Waals surface area (Å²) in [5, 5.41) is 0. The van der Waals surface area contributed by atoms with Crippen LogP contribution in [0.4, 0.5) is 0 Å². The highest BCUT2D eigenvalue weighted by Crippen LogP contribution is 2.13. The van der Waals surface area contributed by atoms with E-state index in [0.29, 0.717) is 6.42 Å². The van der Waals surface area contributed by atoms with Gasteiger partial charge in [-0.05, 0) is 32.1 Å². The van der Waals surface area contributed by atoms with Gasteiger partial charge in [0.2, 0.25) is 0 Å². The predicted octanol–water partition coefficient (Wildman–Crippen LogP) is 5.74. The molecule has 0 aromatic rings. The Morgan fingerprint density at radius 1 is 0.920 bits per heavy atom. The first-order valence-corrected chi connectivity index (χ1v) is 9.99. The first-order valence-electron chi connectivity index (χ1n) is 9.99. The third-order valence-corrected chi connectivity index (χ3v) is 4.26. The molecular formula is C21H38O4. The van der Waals surface area contributed by atoms with E-state index in [9.17, 15) is 9.59 Å². The molecule has 0 aromatic heterocycles. The van der Waals surface area contributed by atoms with Gasteiger partial charge in [0.05, 0.1) is 7.11 Å². The highest BCUT2D eigenvalue weighted by atomic mass is 16.5. The van der Waals surface area contributed by atoms with Crippen LogP contribution in [0.2, 0.25) is 0 Å². The fraction of sp³-hybridized carbons (Fsp3) is 0.810. The van der Waals surface area contributed by atoms with Gasteiger partial charge in [-0.15, -0.1) is 0 Å². The van der Waals surface area contributed by atoms with Crippen molar-refractivity contribution < 1.29 is 19.1 Å². The smallest absolute Gasteiger partial charge is 0.305 e. The van der Waals surface area contributed by atoms with Crippen molar-refractivity contribution in [3.63, 3.8) is 0 Å². The van der Waals surface area contributed by atoms with Crippen LogP contribution in [0, 0.1) is 0 Å². The molecule has 146 valence electrons. The zero-order chi connectivity index (χ0) is 18.8. The molecule has 0 rings (SSSR count). The minimum atomic E-state index is -0.180. The third kappa shape index (κ3) is 17.3. The monoisotopic (exact) mass is 354 g/mol. The normalized spacial score (nSPS) is 12.3. The first-order chi connectivity index (χ1) is 12.1. The van der Waals surface area contributed by atoms with Gasteiger partial charge in [0, 0.05) is 19.8 Å². The van der Waals surface area contributed by atoms with E-state index in [0.717, 1.165) is 38.5 Å². The molecule has 4 nitrogen and oxygen atoms in total. The van der Waals surface area contributed by atoms with E-state index in [-0.39, 0.29) is 18.0 Å². The van der Waals surface area contributed by atoms with E-state index >= 15 is 0 Å². The van der Waals surface area contributed by atoms with Gasteiger partial charge in [-0.25, -0.2) is 0 Å². The maximum absolute atomic E-state index is 11.2. The number of rotatable bonds is 16. The minimum absolute atomic E-state index is 0.0314. The van der Waals surface area contributed by atoms with Crippen LogP contribution in [0.5, 0.6) is 0 Å². The van der Waals surface area contributed by atoms with Gasteiger partial charge < -0.3 is 9.47 Å². The summed E-state index contributed by atoms with van der Waals surface area (Å²) in [5.74, 6) is -0.291. The Labute approximate surface area is 154 Å². The lowest BCUT2D eigenvalue weighted by molar-refractivity contribution is -0.146. The van der Waals surface area contributed by atoms with Crippen LogP contribution in [-0.4, -0.2) is 25.2 Å². The molecule has 1 atom stereocenters. The average Bonchev–Trinajstić information content (AvgIpc) is 2.59. The number of methoxy groups -OCH3 is 1. The number of carbonyl (C=O) groups excluding carboxylic acids is 2. The molecular weight excluding hydrogens is 316 g/mol. The number of ether oxygens (including phenoxy) is 2. The maximum Gasteiger partial charge on any atom is 0.305 e. The molecule has 4 heteroatoms. The SMILES string of the molecule is CCCCCC[C@H](CC=CCCCCCCCC(=O)OC)OC(C)=O. The van der Waals surface area contributed by atoms with Gasteiger partial charge in [0.1, 0.15) is 6.10 Å². The number of hydrogen-bond donors (Lipinski definition) is 0. The molecule has 0 aromatic carbocycles. The Morgan fingerprint density at radius 2 is 1.60 bits per heavy atom. The van der Waals surface area contributed by atoms with Crippen molar-refractivity contribution in [1.29, 1.82) is 0 Å². The highest BCUT2D eigenvalue weighted by molar-refractivity contribution is 5.68. The molecule has 0 spiro atoms. The van der Waals surface area contributed by atoms with Gasteiger partial charge in [-0.3, -0.25) is 9.59 Å². The van der Waals surface area contributed by atoms with Crippen molar-refractivity contribution in [2.45, 2.75) is 103 Å². The van der Waals surface area contributed by atoms with Crippen LogP contribution in [0.25, 0.3) is 0 Å². The topological polar surface area (TPSA) is 52.6 Å². The standard InChI is InChI=1S/C21H38O4/c1-4-5-6-13-16-20(25-19(2)22)17-14-11-9-7-8-10-12-15-18-21(23)24-3/h11,14,20H,4-10,12-13,15-18H2,1-3H3/t20-/m1/s1. The summed E-state index contributed by atoms with van der Waals surface area (Å²) in [5.41, 5.74) is 0. The molecule has 0 aliphatic heterocycles. The van der Waals surface area contributed by atoms with Gasteiger partial charge in [-0.1, -0.05) is 57.6 Å². The summed E-state index contributed by atoms with van der Waals surface area (Å²) in [6.07, 6.45) is 18.1. The summed E-state index contributed by atoms with van der Waals surface area (Å²) < 4.78 is 10.0. The third-order valence-electron chi connectivity index (χ3n) is 4.26. The van der Waals surface area contributed by atoms with Gasteiger partial charge in [-0.2, -0.15) is 0 Å². The van der Waals surface area contributed by atoms with E-state index in [1.165, 1.54) is 52.6 Å². The van der Waals surface area contributed by atoms with Crippen molar-refractivity contribution in [1.82, 2.24) is 0 Å². The van der Waals surface area contributed by atoms with E-state index in [1.54, 1.807) is 0 Å². The lowest BCUT2D eigenvalue weighted by Gasteiger charge is -2.15. The van der Waals surface area contributed by atoms with E-state index in [2.05, 4.69) is 23.8 Å². The zero-order valence-electron chi connectivity index (χ0n) is 16.6. The van der Waals surface area contributed by atoms with Crippen LogP contribution in [-0.2, 0) is 19.1 Å². The predicted molar refractivity (Wildman–Crippen MR) is 102 cm³/mol. The van der Waals surface area contributed by atoms with Gasteiger partial charge >= 0.3 is 11.9 Å². The molecule has 0 radical (unpaired) electrons. The average molecular weight is 355 g/mol. The molecule has 0 amide bonds. The van der Waals surface area contributed by atoms with Crippen molar-refractivity contribution >= 4 is 11.9 Å². The fourth-order valence-electron chi connectivity index (χ4n) is 2.79. The van der Waals surface area contributed by atoms with Gasteiger partial charge in [0.15, 0.2) is 0 Å². The maximum atomic E-state index is 11.2. The molecule has 0 heterocycles. The quantitative estimate of drug-likeness (QED) is 0.201. The molecule has 0 fully saturated rings. The molecule has 0 bridgehead atoms. The Morgan fingerprint density at radius 3 is 2.28 bits per heavy atom. The number of carbonyl (C=O) groups is 2. The summed E-state index contributed by atoms with van der Waals surface area (Å²) in [7, 11) is 1.44. The molecule has 0 N–H and O–H groups in total. The number of hydrogen-bond acceptors (Lipinski definition) is 4. The summed E-state index contributed by atoms with van der Waals surface area (Å²) in [6, 6.07) is 0. The van der Waals surface area contributed by atoms with Crippen molar-refractivity contribution in [3.8, 4) is 0 Å². The Hall–Kier alpha value is -1.32. The molecule has 0 aliphatic carbocycles. The molecule has 25 heavy (non-hydrogen) atoms. The van der Waals surface area contributed by atoms with Crippen LogP contribution in [0.1, 0.15) is 97.3 Å². The van der Waals surface area contributed by atoms with Gasteiger partial charge in [0.25, 0.3) is 0 Å². The summed E-state index contributed by atoms with van der Waals surface area (Å²) in [6.45, 7) is 3.69. The second-order valence-electron chi connectivity index (χ2n) is 6.67.